The molecule has 0 aliphatic carbocycles. The van der Waals surface area contributed by atoms with Crippen molar-refractivity contribution in [2.24, 2.45) is 0 Å². The lowest BCUT2D eigenvalue weighted by Crippen LogP contribution is -2.00. The van der Waals surface area contributed by atoms with Gasteiger partial charge in [0.25, 0.3) is 0 Å². The summed E-state index contributed by atoms with van der Waals surface area (Å²) in [5.41, 5.74) is 0. The third kappa shape index (κ3) is 2.29. The number of halogens is 1. The molecule has 72 valence electrons. The molecule has 2 rings (SSSR count). The van der Waals surface area contributed by atoms with E-state index in [1.54, 1.807) is 6.20 Å². The van der Waals surface area contributed by atoms with Gasteiger partial charge in [-0.3, -0.25) is 4.79 Å². The number of hydrogen-bond acceptors (Lipinski definition) is 4. The van der Waals surface area contributed by atoms with Gasteiger partial charge in [-0.05, 0) is 28.1 Å². The van der Waals surface area contributed by atoms with E-state index in [1.807, 2.05) is 17.5 Å². The van der Waals surface area contributed by atoms with E-state index in [0.29, 0.717) is 6.42 Å². The molecular formula is C9H6BrNOS2. The van der Waals surface area contributed by atoms with Gasteiger partial charge in [0.15, 0.2) is 5.78 Å². The molecule has 0 spiro atoms. The smallest absolute Gasteiger partial charge is 0.179 e. The van der Waals surface area contributed by atoms with Crippen LogP contribution < -0.4 is 0 Å². The Labute approximate surface area is 97.7 Å². The van der Waals surface area contributed by atoms with E-state index in [-0.39, 0.29) is 5.78 Å². The Kier molecular flexibility index (Phi) is 3.10. The van der Waals surface area contributed by atoms with Gasteiger partial charge in [0, 0.05) is 11.6 Å². The molecule has 0 aromatic carbocycles. The third-order valence-electron chi connectivity index (χ3n) is 1.64. The molecule has 0 fully saturated rings. The van der Waals surface area contributed by atoms with E-state index in [0.717, 1.165) is 13.7 Å². The lowest BCUT2D eigenvalue weighted by molar-refractivity contribution is 0.0997. The predicted octanol–water partition coefficient (Wildman–Crippen LogP) is 3.39. The van der Waals surface area contributed by atoms with E-state index < -0.39 is 0 Å². The molecule has 0 aliphatic heterocycles. The minimum Gasteiger partial charge on any atom is -0.293 e. The summed E-state index contributed by atoms with van der Waals surface area (Å²) in [6.45, 7) is 0. The van der Waals surface area contributed by atoms with Crippen LogP contribution in [0.2, 0.25) is 0 Å². The molecule has 0 saturated carbocycles. The number of thiazole rings is 1. The molecule has 14 heavy (non-hydrogen) atoms. The Hall–Kier alpha value is -0.520. The number of Topliss-reactive ketones (excluding diaryl/α,β-unsaturated/α-hetero) is 1. The number of carbonyl (C=O) groups is 1. The molecule has 0 bridgehead atoms. The normalized spacial score (nSPS) is 10.4. The fourth-order valence-corrected chi connectivity index (χ4v) is 2.97. The lowest BCUT2D eigenvalue weighted by atomic mass is 10.2. The zero-order valence-corrected chi connectivity index (χ0v) is 10.3. The van der Waals surface area contributed by atoms with Crippen molar-refractivity contribution in [2.45, 2.75) is 6.42 Å². The highest BCUT2D eigenvalue weighted by atomic mass is 79.9. The first-order chi connectivity index (χ1) is 6.75. The summed E-state index contributed by atoms with van der Waals surface area (Å²) >= 11 is 6.31. The van der Waals surface area contributed by atoms with Gasteiger partial charge < -0.3 is 0 Å². The van der Waals surface area contributed by atoms with Crippen LogP contribution in [-0.2, 0) is 6.42 Å². The average Bonchev–Trinajstić information content (AvgIpc) is 2.75. The van der Waals surface area contributed by atoms with Crippen LogP contribution in [0.15, 0.2) is 27.5 Å². The van der Waals surface area contributed by atoms with Gasteiger partial charge in [0.1, 0.15) is 5.01 Å². The second-order valence-corrected chi connectivity index (χ2v) is 6.07. The zero-order chi connectivity index (χ0) is 9.97. The van der Waals surface area contributed by atoms with Crippen LogP contribution in [0, 0.1) is 0 Å². The Morgan fingerprint density at radius 2 is 2.36 bits per heavy atom. The molecular weight excluding hydrogens is 282 g/mol. The predicted molar refractivity (Wildman–Crippen MR) is 62.2 cm³/mol. The number of thiophene rings is 1. The molecule has 0 amide bonds. The van der Waals surface area contributed by atoms with Crippen molar-refractivity contribution >= 4 is 44.4 Å². The summed E-state index contributed by atoms with van der Waals surface area (Å²) < 4.78 is 0.986. The Morgan fingerprint density at radius 1 is 1.50 bits per heavy atom. The van der Waals surface area contributed by atoms with E-state index >= 15 is 0 Å². The molecule has 2 nitrogen and oxygen atoms in total. The number of hydrogen-bond donors (Lipinski definition) is 0. The molecule has 0 aliphatic rings. The van der Waals surface area contributed by atoms with E-state index in [4.69, 9.17) is 0 Å². The minimum absolute atomic E-state index is 0.135. The Balaban J connectivity index is 2.10. The molecule has 0 saturated heterocycles. The van der Waals surface area contributed by atoms with Crippen LogP contribution in [0.1, 0.15) is 14.7 Å². The van der Waals surface area contributed by atoms with Gasteiger partial charge in [0.2, 0.25) is 0 Å². The molecule has 0 unspecified atom stereocenters. The quantitative estimate of drug-likeness (QED) is 0.810. The Morgan fingerprint density at radius 3 is 2.93 bits per heavy atom. The van der Waals surface area contributed by atoms with Crippen LogP contribution in [0.4, 0.5) is 0 Å². The van der Waals surface area contributed by atoms with Crippen LogP contribution >= 0.6 is 38.6 Å². The van der Waals surface area contributed by atoms with Crippen LogP contribution in [-0.4, -0.2) is 10.8 Å². The Bertz CT molecular complexity index is 435. The highest BCUT2D eigenvalue weighted by Gasteiger charge is 2.10. The van der Waals surface area contributed by atoms with E-state index in [1.165, 1.54) is 22.7 Å². The van der Waals surface area contributed by atoms with Gasteiger partial charge in [-0.1, -0.05) is 0 Å². The topological polar surface area (TPSA) is 30.0 Å². The second kappa shape index (κ2) is 4.33. The fourth-order valence-electron chi connectivity index (χ4n) is 1.03. The summed E-state index contributed by atoms with van der Waals surface area (Å²) in [5.74, 6) is 0.135. The summed E-state index contributed by atoms with van der Waals surface area (Å²) in [6.07, 6.45) is 2.13. The van der Waals surface area contributed by atoms with Crippen LogP contribution in [0.25, 0.3) is 0 Å². The molecule has 2 aromatic rings. The van der Waals surface area contributed by atoms with Gasteiger partial charge in [0.05, 0.1) is 15.1 Å². The standard InChI is InChI=1S/C9H6BrNOS2/c10-8-2-1-7(14-8)6(12)5-9-11-3-4-13-9/h1-4H,5H2. The summed E-state index contributed by atoms with van der Waals surface area (Å²) in [4.78, 5) is 16.5. The summed E-state index contributed by atoms with van der Waals surface area (Å²) in [6, 6.07) is 3.73. The first-order valence-corrected chi connectivity index (χ1v) is 6.41. The van der Waals surface area contributed by atoms with Crippen molar-refractivity contribution < 1.29 is 4.79 Å². The maximum atomic E-state index is 11.7. The van der Waals surface area contributed by atoms with Gasteiger partial charge in [-0.25, -0.2) is 4.98 Å². The maximum Gasteiger partial charge on any atom is 0.179 e. The number of aromatic nitrogens is 1. The van der Waals surface area contributed by atoms with Crippen molar-refractivity contribution in [3.8, 4) is 0 Å². The maximum absolute atomic E-state index is 11.7. The number of carbonyl (C=O) groups excluding carboxylic acids is 1. The summed E-state index contributed by atoms with van der Waals surface area (Å²) in [5, 5.41) is 2.76. The highest BCUT2D eigenvalue weighted by molar-refractivity contribution is 9.11. The number of ketones is 1. The van der Waals surface area contributed by atoms with Crippen LogP contribution in [0.5, 0.6) is 0 Å². The van der Waals surface area contributed by atoms with Gasteiger partial charge in [-0.15, -0.1) is 22.7 Å². The van der Waals surface area contributed by atoms with Gasteiger partial charge in [-0.2, -0.15) is 0 Å². The molecule has 2 heterocycles. The van der Waals surface area contributed by atoms with E-state index in [2.05, 4.69) is 20.9 Å². The zero-order valence-electron chi connectivity index (χ0n) is 7.07. The SMILES string of the molecule is O=C(Cc1nccs1)c1ccc(Br)s1. The first kappa shape index (κ1) is 10.0. The molecule has 0 atom stereocenters. The van der Waals surface area contributed by atoms with E-state index in [9.17, 15) is 4.79 Å². The average molecular weight is 288 g/mol. The minimum atomic E-state index is 0.135. The van der Waals surface area contributed by atoms with Crippen molar-refractivity contribution in [3.05, 3.63) is 37.4 Å². The largest absolute Gasteiger partial charge is 0.293 e. The number of nitrogens with zero attached hydrogens (tertiary/aromatic N) is 1. The molecule has 5 heteroatoms. The second-order valence-electron chi connectivity index (χ2n) is 2.63. The van der Waals surface area contributed by atoms with Crippen molar-refractivity contribution in [2.75, 3.05) is 0 Å². The first-order valence-electron chi connectivity index (χ1n) is 3.92. The van der Waals surface area contributed by atoms with Gasteiger partial charge >= 0.3 is 0 Å². The fraction of sp³-hybridized carbons (Fsp3) is 0.111. The van der Waals surface area contributed by atoms with Crippen LogP contribution in [0.3, 0.4) is 0 Å². The van der Waals surface area contributed by atoms with Crippen molar-refractivity contribution in [1.29, 1.82) is 0 Å². The monoisotopic (exact) mass is 287 g/mol. The highest BCUT2D eigenvalue weighted by Crippen LogP contribution is 2.23. The van der Waals surface area contributed by atoms with Crippen molar-refractivity contribution in [3.63, 3.8) is 0 Å². The number of rotatable bonds is 3. The lowest BCUT2D eigenvalue weighted by Gasteiger charge is -1.92. The summed E-state index contributed by atoms with van der Waals surface area (Å²) in [7, 11) is 0. The van der Waals surface area contributed by atoms with Crippen molar-refractivity contribution in [1.82, 2.24) is 4.98 Å². The third-order valence-corrected chi connectivity index (χ3v) is 4.09. The molecule has 0 N–H and O–H groups in total. The molecule has 0 radical (unpaired) electrons. The molecule has 2 aromatic heterocycles.